The molecule has 3 fully saturated rings. The Kier molecular flexibility index (Phi) is 2.81. The third kappa shape index (κ3) is 1.94. The molecule has 3 aliphatic rings. The molecule has 0 spiro atoms. The second-order valence-electron chi connectivity index (χ2n) is 4.61. The van der Waals surface area contributed by atoms with Crippen molar-refractivity contribution in [2.75, 3.05) is 25.0 Å². The number of nitrogens with zero attached hydrogens (tertiary/aromatic N) is 3. The van der Waals surface area contributed by atoms with Crippen LogP contribution in [0.5, 0.6) is 0 Å². The molecule has 0 aromatic carbocycles. The van der Waals surface area contributed by atoms with E-state index in [1.54, 1.807) is 12.5 Å². The highest BCUT2D eigenvalue weighted by Crippen LogP contribution is 2.30. The van der Waals surface area contributed by atoms with Crippen molar-refractivity contribution in [3.8, 4) is 0 Å². The predicted molar refractivity (Wildman–Crippen MR) is 66.3 cm³/mol. The number of piperidine rings is 3. The number of hydrogen-bond donors (Lipinski definition) is 1. The van der Waals surface area contributed by atoms with E-state index in [1.807, 2.05) is 0 Å². The summed E-state index contributed by atoms with van der Waals surface area (Å²) in [5.41, 5.74) is 0. The summed E-state index contributed by atoms with van der Waals surface area (Å²) in [5.74, 6) is 1.74. The zero-order valence-electron chi connectivity index (χ0n) is 9.06. The van der Waals surface area contributed by atoms with Crippen molar-refractivity contribution in [1.82, 2.24) is 14.9 Å². The smallest absolute Gasteiger partial charge is 0.144 e. The van der Waals surface area contributed by atoms with E-state index in [-0.39, 0.29) is 0 Å². The molecule has 1 unspecified atom stereocenters. The molecule has 0 saturated carbocycles. The van der Waals surface area contributed by atoms with E-state index in [0.717, 1.165) is 22.8 Å². The minimum absolute atomic E-state index is 0.550. The monoisotopic (exact) mass is 282 g/mol. The van der Waals surface area contributed by atoms with Crippen LogP contribution in [-0.4, -0.2) is 40.5 Å². The lowest BCUT2D eigenvalue weighted by molar-refractivity contribution is 0.0973. The first-order chi connectivity index (χ1) is 7.83. The number of anilines is 1. The van der Waals surface area contributed by atoms with Gasteiger partial charge in [-0.3, -0.25) is 0 Å². The number of halogens is 1. The summed E-state index contributed by atoms with van der Waals surface area (Å²) >= 11 is 3.48. The maximum Gasteiger partial charge on any atom is 0.144 e. The van der Waals surface area contributed by atoms with Gasteiger partial charge in [0.15, 0.2) is 0 Å². The van der Waals surface area contributed by atoms with Gasteiger partial charge in [0.1, 0.15) is 12.1 Å². The van der Waals surface area contributed by atoms with Crippen molar-refractivity contribution in [2.45, 2.75) is 18.9 Å². The van der Waals surface area contributed by atoms with Crippen LogP contribution in [-0.2, 0) is 0 Å². The van der Waals surface area contributed by atoms with E-state index in [1.165, 1.54) is 25.9 Å². The van der Waals surface area contributed by atoms with Gasteiger partial charge < -0.3 is 10.2 Å². The fourth-order valence-electron chi connectivity index (χ4n) is 2.72. The molecule has 1 aromatic heterocycles. The van der Waals surface area contributed by atoms with Crippen molar-refractivity contribution in [3.63, 3.8) is 0 Å². The number of hydrogen-bond acceptors (Lipinski definition) is 4. The van der Waals surface area contributed by atoms with Gasteiger partial charge in [-0.2, -0.15) is 0 Å². The average Bonchev–Trinajstić information content (AvgIpc) is 2.34. The first-order valence-electron chi connectivity index (χ1n) is 5.77. The molecule has 1 N–H and O–H groups in total. The molecule has 3 aliphatic heterocycles. The van der Waals surface area contributed by atoms with Gasteiger partial charge in [0, 0.05) is 18.8 Å². The van der Waals surface area contributed by atoms with Gasteiger partial charge in [-0.05, 0) is 47.8 Å². The standard InChI is InChI=1S/C11H15BrN4/c12-9-5-13-7-14-11(9)15-10-6-16-3-1-8(10)2-4-16/h5,7-8,10H,1-4,6H2,(H,13,14,15). The van der Waals surface area contributed by atoms with Crippen molar-refractivity contribution in [1.29, 1.82) is 0 Å². The molecule has 4 heterocycles. The first-order valence-corrected chi connectivity index (χ1v) is 6.56. The quantitative estimate of drug-likeness (QED) is 0.897. The molecule has 1 aromatic rings. The number of fused-ring (bicyclic) bond motifs is 3. The van der Waals surface area contributed by atoms with E-state index < -0.39 is 0 Å². The molecular weight excluding hydrogens is 268 g/mol. The summed E-state index contributed by atoms with van der Waals surface area (Å²) in [6.07, 6.45) is 6.02. The summed E-state index contributed by atoms with van der Waals surface area (Å²) in [5, 5.41) is 3.54. The Morgan fingerprint density at radius 2 is 2.19 bits per heavy atom. The Balaban J connectivity index is 1.73. The molecule has 16 heavy (non-hydrogen) atoms. The Morgan fingerprint density at radius 1 is 1.38 bits per heavy atom. The number of rotatable bonds is 2. The topological polar surface area (TPSA) is 41.1 Å². The van der Waals surface area contributed by atoms with Gasteiger partial charge in [-0.25, -0.2) is 9.97 Å². The fourth-order valence-corrected chi connectivity index (χ4v) is 3.06. The molecule has 1 atom stereocenters. The molecular formula is C11H15BrN4. The van der Waals surface area contributed by atoms with Crippen LogP contribution >= 0.6 is 15.9 Å². The minimum atomic E-state index is 0.550. The van der Waals surface area contributed by atoms with Crippen LogP contribution in [0.3, 0.4) is 0 Å². The van der Waals surface area contributed by atoms with Gasteiger partial charge >= 0.3 is 0 Å². The maximum atomic E-state index is 4.27. The van der Waals surface area contributed by atoms with Crippen LogP contribution in [0.15, 0.2) is 17.0 Å². The lowest BCUT2D eigenvalue weighted by atomic mass is 9.84. The van der Waals surface area contributed by atoms with Crippen molar-refractivity contribution < 1.29 is 0 Å². The van der Waals surface area contributed by atoms with E-state index in [4.69, 9.17) is 0 Å². The van der Waals surface area contributed by atoms with Crippen molar-refractivity contribution in [3.05, 3.63) is 17.0 Å². The van der Waals surface area contributed by atoms with Crippen LogP contribution in [0.1, 0.15) is 12.8 Å². The van der Waals surface area contributed by atoms with Crippen molar-refractivity contribution >= 4 is 21.7 Å². The summed E-state index contributed by atoms with van der Waals surface area (Å²) in [6.45, 7) is 3.70. The number of aromatic nitrogens is 2. The van der Waals surface area contributed by atoms with Gasteiger partial charge in [0.2, 0.25) is 0 Å². The second-order valence-corrected chi connectivity index (χ2v) is 5.46. The first kappa shape index (κ1) is 10.5. The van der Waals surface area contributed by atoms with Gasteiger partial charge in [0.05, 0.1) is 4.47 Å². The Labute approximate surface area is 104 Å². The van der Waals surface area contributed by atoms with Crippen LogP contribution in [0.25, 0.3) is 0 Å². The van der Waals surface area contributed by atoms with E-state index in [9.17, 15) is 0 Å². The maximum absolute atomic E-state index is 4.27. The third-order valence-electron chi connectivity index (χ3n) is 3.65. The van der Waals surface area contributed by atoms with E-state index in [0.29, 0.717) is 6.04 Å². The van der Waals surface area contributed by atoms with Crippen LogP contribution in [0, 0.1) is 5.92 Å². The minimum Gasteiger partial charge on any atom is -0.365 e. The Hall–Kier alpha value is -0.680. The molecule has 86 valence electrons. The van der Waals surface area contributed by atoms with Crippen LogP contribution in [0.2, 0.25) is 0 Å². The zero-order chi connectivity index (χ0) is 11.0. The predicted octanol–water partition coefficient (Wildman–Crippen LogP) is 1.75. The fraction of sp³-hybridized carbons (Fsp3) is 0.636. The molecule has 0 amide bonds. The lowest BCUT2D eigenvalue weighted by Gasteiger charge is -2.45. The highest BCUT2D eigenvalue weighted by molar-refractivity contribution is 9.10. The summed E-state index contributed by atoms with van der Waals surface area (Å²) in [7, 11) is 0. The second kappa shape index (κ2) is 4.30. The molecule has 0 radical (unpaired) electrons. The summed E-state index contributed by atoms with van der Waals surface area (Å²) in [6, 6.07) is 0.550. The Bertz CT molecular complexity index is 376. The van der Waals surface area contributed by atoms with Crippen LogP contribution in [0.4, 0.5) is 5.82 Å². The summed E-state index contributed by atoms with van der Waals surface area (Å²) < 4.78 is 0.950. The SMILES string of the molecule is Brc1cncnc1NC1CN2CCC1CC2. The van der Waals surface area contributed by atoms with E-state index in [2.05, 4.69) is 36.1 Å². The number of nitrogens with one attached hydrogen (secondary N) is 1. The summed E-state index contributed by atoms with van der Waals surface area (Å²) in [4.78, 5) is 10.8. The van der Waals surface area contributed by atoms with E-state index >= 15 is 0 Å². The van der Waals surface area contributed by atoms with Gasteiger partial charge in [-0.15, -0.1) is 0 Å². The highest BCUT2D eigenvalue weighted by Gasteiger charge is 2.34. The average molecular weight is 283 g/mol. The molecule has 5 heteroatoms. The normalized spacial score (nSPS) is 32.7. The van der Waals surface area contributed by atoms with Crippen LogP contribution < -0.4 is 5.32 Å². The molecule has 2 bridgehead atoms. The molecule has 4 rings (SSSR count). The molecule has 3 saturated heterocycles. The molecule has 0 aliphatic carbocycles. The van der Waals surface area contributed by atoms with Crippen molar-refractivity contribution in [2.24, 2.45) is 5.92 Å². The molecule has 4 nitrogen and oxygen atoms in total. The Morgan fingerprint density at radius 3 is 2.81 bits per heavy atom. The lowest BCUT2D eigenvalue weighted by Crippen LogP contribution is -2.53. The van der Waals surface area contributed by atoms with Gasteiger partial charge in [0.25, 0.3) is 0 Å². The largest absolute Gasteiger partial charge is 0.365 e. The highest BCUT2D eigenvalue weighted by atomic mass is 79.9. The zero-order valence-corrected chi connectivity index (χ0v) is 10.7. The third-order valence-corrected chi connectivity index (χ3v) is 4.23. The van der Waals surface area contributed by atoms with Gasteiger partial charge in [-0.1, -0.05) is 0 Å².